The average Bonchev–Trinajstić information content (AvgIpc) is 2.87. The maximum Gasteiger partial charge on any atom is 0.0686 e. The molecule has 0 aromatic carbocycles. The highest BCUT2D eigenvalue weighted by atomic mass is 16.5. The smallest absolute Gasteiger partial charge is 0.0686 e. The summed E-state index contributed by atoms with van der Waals surface area (Å²) in [6.45, 7) is 8.71. The topological polar surface area (TPSA) is 41.5 Å². The summed E-state index contributed by atoms with van der Waals surface area (Å²) in [7, 11) is 0. The molecule has 4 atom stereocenters. The molecule has 0 saturated heterocycles. The maximum atomic E-state index is 10.2. The van der Waals surface area contributed by atoms with Crippen molar-refractivity contribution < 1.29 is 9.84 Å². The van der Waals surface area contributed by atoms with E-state index in [0.29, 0.717) is 29.6 Å². The van der Waals surface area contributed by atoms with Gasteiger partial charge in [0.1, 0.15) is 0 Å². The van der Waals surface area contributed by atoms with Gasteiger partial charge in [0.2, 0.25) is 0 Å². The Morgan fingerprint density at radius 3 is 2.48 bits per heavy atom. The lowest BCUT2D eigenvalue weighted by Crippen LogP contribution is -2.39. The monoisotopic (exact) mass is 323 g/mol. The fraction of sp³-hybridized carbons (Fsp3) is 1.00. The molecule has 0 amide bonds. The molecule has 134 valence electrons. The molecule has 0 spiro atoms. The quantitative estimate of drug-likeness (QED) is 0.747. The Morgan fingerprint density at radius 1 is 1.13 bits per heavy atom. The van der Waals surface area contributed by atoms with Gasteiger partial charge in [0.05, 0.1) is 12.2 Å². The third-order valence-electron chi connectivity index (χ3n) is 7.73. The van der Waals surface area contributed by atoms with Crippen LogP contribution in [0, 0.1) is 16.7 Å². The lowest BCUT2D eigenvalue weighted by molar-refractivity contribution is -0.0547. The summed E-state index contributed by atoms with van der Waals surface area (Å²) in [4.78, 5) is 0. The molecule has 3 fully saturated rings. The number of rotatable bonds is 7. The average molecular weight is 324 g/mol. The first-order chi connectivity index (χ1) is 10.9. The first-order valence-electron chi connectivity index (χ1n) is 9.96. The highest BCUT2D eigenvalue weighted by molar-refractivity contribution is 5.11. The van der Waals surface area contributed by atoms with Crippen molar-refractivity contribution in [3.05, 3.63) is 0 Å². The highest BCUT2D eigenvalue weighted by Gasteiger charge is 2.61. The van der Waals surface area contributed by atoms with Crippen LogP contribution in [0.1, 0.15) is 78.6 Å². The molecular weight excluding hydrogens is 286 g/mol. The van der Waals surface area contributed by atoms with Crippen molar-refractivity contribution >= 4 is 0 Å². The van der Waals surface area contributed by atoms with Gasteiger partial charge < -0.3 is 15.2 Å². The summed E-state index contributed by atoms with van der Waals surface area (Å²) in [5.74, 6) is 0.829. The van der Waals surface area contributed by atoms with Crippen LogP contribution in [0.2, 0.25) is 0 Å². The molecule has 23 heavy (non-hydrogen) atoms. The highest BCUT2D eigenvalue weighted by Crippen LogP contribution is 2.66. The van der Waals surface area contributed by atoms with E-state index >= 15 is 0 Å². The SMILES string of the molecule is CC1(C)[C@H]2CC[C@@]1(C)[C@H](OCC[C@@H](O)CNC1CCCCC1)C2. The third-order valence-corrected chi connectivity index (χ3v) is 7.73. The zero-order valence-electron chi connectivity index (χ0n) is 15.4. The maximum absolute atomic E-state index is 10.2. The zero-order valence-corrected chi connectivity index (χ0v) is 15.4. The van der Waals surface area contributed by atoms with Crippen LogP contribution >= 0.6 is 0 Å². The Labute approximate surface area is 142 Å². The van der Waals surface area contributed by atoms with Crippen molar-refractivity contribution in [1.82, 2.24) is 5.32 Å². The van der Waals surface area contributed by atoms with E-state index in [1.807, 2.05) is 0 Å². The van der Waals surface area contributed by atoms with E-state index in [1.54, 1.807) is 0 Å². The summed E-state index contributed by atoms with van der Waals surface area (Å²) in [6, 6.07) is 0.629. The van der Waals surface area contributed by atoms with Gasteiger partial charge in [-0.25, -0.2) is 0 Å². The molecule has 0 heterocycles. The number of hydrogen-bond donors (Lipinski definition) is 2. The first-order valence-corrected chi connectivity index (χ1v) is 9.96. The number of nitrogens with one attached hydrogen (secondary N) is 1. The second-order valence-corrected chi connectivity index (χ2v) is 9.16. The minimum Gasteiger partial charge on any atom is -0.392 e. The number of aliphatic hydroxyl groups is 1. The lowest BCUT2D eigenvalue weighted by Gasteiger charge is -2.39. The molecule has 0 radical (unpaired) electrons. The van der Waals surface area contributed by atoms with Crippen LogP contribution in [0.5, 0.6) is 0 Å². The van der Waals surface area contributed by atoms with Crippen molar-refractivity contribution in [1.29, 1.82) is 0 Å². The predicted octanol–water partition coefficient (Wildman–Crippen LogP) is 3.89. The number of fused-ring (bicyclic) bond motifs is 2. The number of hydrogen-bond acceptors (Lipinski definition) is 3. The van der Waals surface area contributed by atoms with Gasteiger partial charge in [-0.1, -0.05) is 40.0 Å². The van der Waals surface area contributed by atoms with Crippen LogP contribution in [0.3, 0.4) is 0 Å². The molecule has 3 nitrogen and oxygen atoms in total. The van der Waals surface area contributed by atoms with Crippen molar-refractivity contribution in [2.45, 2.75) is 96.8 Å². The molecule has 2 N–H and O–H groups in total. The molecule has 0 aliphatic heterocycles. The Bertz CT molecular complexity index is 391. The third kappa shape index (κ3) is 3.48. The van der Waals surface area contributed by atoms with Gasteiger partial charge in [-0.2, -0.15) is 0 Å². The van der Waals surface area contributed by atoms with Crippen molar-refractivity contribution in [3.8, 4) is 0 Å². The summed E-state index contributed by atoms with van der Waals surface area (Å²) in [5.41, 5.74) is 0.752. The van der Waals surface area contributed by atoms with Crippen molar-refractivity contribution in [3.63, 3.8) is 0 Å². The normalized spacial score (nSPS) is 38.1. The Balaban J connectivity index is 1.35. The molecule has 0 aromatic heterocycles. The molecule has 2 bridgehead atoms. The van der Waals surface area contributed by atoms with Crippen LogP contribution in [0.4, 0.5) is 0 Å². The fourth-order valence-electron chi connectivity index (χ4n) is 5.44. The molecule has 3 saturated carbocycles. The van der Waals surface area contributed by atoms with Crippen molar-refractivity contribution in [2.75, 3.05) is 13.2 Å². The first kappa shape index (κ1) is 17.7. The molecule has 3 aliphatic rings. The van der Waals surface area contributed by atoms with E-state index in [1.165, 1.54) is 51.4 Å². The number of ether oxygens (including phenoxy) is 1. The second kappa shape index (κ2) is 7.01. The predicted molar refractivity (Wildman–Crippen MR) is 94.5 cm³/mol. The van der Waals surface area contributed by atoms with E-state index in [2.05, 4.69) is 26.1 Å². The van der Waals surface area contributed by atoms with Gasteiger partial charge in [0.15, 0.2) is 0 Å². The van der Waals surface area contributed by atoms with E-state index in [9.17, 15) is 5.11 Å². The summed E-state index contributed by atoms with van der Waals surface area (Å²) >= 11 is 0. The van der Waals surface area contributed by atoms with Gasteiger partial charge >= 0.3 is 0 Å². The second-order valence-electron chi connectivity index (χ2n) is 9.16. The molecule has 3 heteroatoms. The van der Waals surface area contributed by atoms with E-state index < -0.39 is 0 Å². The van der Waals surface area contributed by atoms with Gasteiger partial charge in [-0.15, -0.1) is 0 Å². The van der Waals surface area contributed by atoms with Gasteiger partial charge in [-0.05, 0) is 55.3 Å². The molecular formula is C20H37NO2. The lowest BCUT2D eigenvalue weighted by atomic mass is 9.70. The number of aliphatic hydroxyl groups excluding tert-OH is 1. The van der Waals surface area contributed by atoms with E-state index in [0.717, 1.165) is 18.9 Å². The minimum atomic E-state index is -0.267. The van der Waals surface area contributed by atoms with Crippen LogP contribution in [-0.2, 0) is 4.74 Å². The Hall–Kier alpha value is -0.120. The van der Waals surface area contributed by atoms with Crippen molar-refractivity contribution in [2.24, 2.45) is 16.7 Å². The summed E-state index contributed by atoms with van der Waals surface area (Å²) in [6.07, 6.45) is 11.4. The molecule has 0 unspecified atom stereocenters. The van der Waals surface area contributed by atoms with Crippen LogP contribution in [0.25, 0.3) is 0 Å². The van der Waals surface area contributed by atoms with Crippen LogP contribution in [0.15, 0.2) is 0 Å². The summed E-state index contributed by atoms with van der Waals surface area (Å²) in [5, 5.41) is 13.8. The fourth-order valence-corrected chi connectivity index (χ4v) is 5.44. The minimum absolute atomic E-state index is 0.267. The zero-order chi connectivity index (χ0) is 16.5. The Morgan fingerprint density at radius 2 is 1.87 bits per heavy atom. The van der Waals surface area contributed by atoms with Gasteiger partial charge in [0, 0.05) is 19.2 Å². The van der Waals surface area contributed by atoms with E-state index in [-0.39, 0.29) is 6.10 Å². The Kier molecular flexibility index (Phi) is 5.40. The summed E-state index contributed by atoms with van der Waals surface area (Å²) < 4.78 is 6.25. The van der Waals surface area contributed by atoms with Gasteiger partial charge in [-0.3, -0.25) is 0 Å². The molecule has 3 aliphatic carbocycles. The van der Waals surface area contributed by atoms with Crippen LogP contribution < -0.4 is 5.32 Å². The largest absolute Gasteiger partial charge is 0.392 e. The van der Waals surface area contributed by atoms with Crippen LogP contribution in [-0.4, -0.2) is 36.5 Å². The molecule has 0 aromatic rings. The van der Waals surface area contributed by atoms with E-state index in [4.69, 9.17) is 4.74 Å². The standard InChI is InChI=1S/C20H37NO2/c1-19(2)15-9-11-20(19,3)18(13-15)23-12-10-17(22)14-21-16-7-5-4-6-8-16/h15-18,21-22H,4-14H2,1-3H3/t15-,17+,18+,20-/m0/s1. The van der Waals surface area contributed by atoms with Gasteiger partial charge in [0.25, 0.3) is 0 Å². The molecule has 3 rings (SSSR count).